The molecular weight excluding hydrogens is 232 g/mol. The summed E-state index contributed by atoms with van der Waals surface area (Å²) in [5.74, 6) is -0.0659. The maximum atomic E-state index is 12.3. The van der Waals surface area contributed by atoms with Gasteiger partial charge in [0.15, 0.2) is 5.65 Å². The maximum Gasteiger partial charge on any atom is 0.254 e. The Kier molecular flexibility index (Phi) is 2.34. The number of fused-ring (bicyclic) bond motifs is 1. The number of rotatable bonds is 1. The van der Waals surface area contributed by atoms with Crippen LogP contribution < -0.4 is 0 Å². The van der Waals surface area contributed by atoms with E-state index in [1.807, 2.05) is 6.92 Å². The van der Waals surface area contributed by atoms with Crippen LogP contribution in [0.2, 0.25) is 0 Å². The number of carbonyl (C=O) groups is 1. The van der Waals surface area contributed by atoms with Gasteiger partial charge in [-0.2, -0.15) is 5.10 Å². The number of β-amino-alcohol motifs (C(OH)–C–C–N with tert-alkyl or cyclic N) is 1. The first kappa shape index (κ1) is 11.2. The molecule has 6 nitrogen and oxygen atoms in total. The highest BCUT2D eigenvalue weighted by Crippen LogP contribution is 2.21. The monoisotopic (exact) mass is 246 g/mol. The van der Waals surface area contributed by atoms with Crippen LogP contribution >= 0.6 is 0 Å². The quantitative estimate of drug-likeness (QED) is 0.774. The second kappa shape index (κ2) is 3.78. The number of amides is 1. The number of aliphatic hydroxyl groups excluding tert-OH is 1. The molecule has 0 bridgehead atoms. The molecule has 0 atom stereocenters. The minimum Gasteiger partial charge on any atom is -0.389 e. The number of aryl methyl sites for hydroxylation is 2. The summed E-state index contributed by atoms with van der Waals surface area (Å²) in [4.78, 5) is 18.3. The Morgan fingerprint density at radius 3 is 2.89 bits per heavy atom. The molecule has 1 fully saturated rings. The molecule has 94 valence electrons. The Hall–Kier alpha value is -1.95. The van der Waals surface area contributed by atoms with Crippen molar-refractivity contribution < 1.29 is 9.90 Å². The Morgan fingerprint density at radius 2 is 2.22 bits per heavy atom. The molecule has 0 saturated carbocycles. The largest absolute Gasteiger partial charge is 0.389 e. The average Bonchev–Trinajstić information content (AvgIpc) is 2.65. The zero-order valence-electron chi connectivity index (χ0n) is 10.3. The first-order chi connectivity index (χ1) is 8.56. The Labute approximate surface area is 104 Å². The minimum absolute atomic E-state index is 0.0659. The summed E-state index contributed by atoms with van der Waals surface area (Å²) in [6.45, 7) is 2.66. The van der Waals surface area contributed by atoms with Gasteiger partial charge in [-0.1, -0.05) is 0 Å². The van der Waals surface area contributed by atoms with E-state index in [0.29, 0.717) is 24.3 Å². The van der Waals surface area contributed by atoms with Crippen molar-refractivity contribution in [2.24, 2.45) is 7.05 Å². The van der Waals surface area contributed by atoms with Crippen molar-refractivity contribution in [1.29, 1.82) is 0 Å². The number of hydrogen-bond donors (Lipinski definition) is 1. The van der Waals surface area contributed by atoms with E-state index in [-0.39, 0.29) is 12.0 Å². The van der Waals surface area contributed by atoms with Crippen molar-refractivity contribution in [1.82, 2.24) is 19.7 Å². The lowest BCUT2D eigenvalue weighted by Gasteiger charge is -2.36. The molecule has 1 saturated heterocycles. The molecule has 0 unspecified atom stereocenters. The van der Waals surface area contributed by atoms with Gasteiger partial charge in [-0.3, -0.25) is 9.48 Å². The molecule has 3 heterocycles. The maximum absolute atomic E-state index is 12.3. The molecule has 1 amide bonds. The number of likely N-dealkylation sites (tertiary alicyclic amines) is 1. The molecule has 2 aromatic heterocycles. The van der Waals surface area contributed by atoms with E-state index in [1.54, 1.807) is 28.9 Å². The van der Waals surface area contributed by atoms with Crippen LogP contribution in [0.4, 0.5) is 0 Å². The molecule has 1 aliphatic rings. The van der Waals surface area contributed by atoms with Crippen molar-refractivity contribution in [3.8, 4) is 0 Å². The average molecular weight is 246 g/mol. The summed E-state index contributed by atoms with van der Waals surface area (Å²) in [7, 11) is 1.80. The van der Waals surface area contributed by atoms with Crippen LogP contribution in [0.25, 0.3) is 11.0 Å². The second-order valence-corrected chi connectivity index (χ2v) is 4.68. The summed E-state index contributed by atoms with van der Waals surface area (Å²) in [6, 6.07) is 1.77. The molecule has 6 heteroatoms. The van der Waals surface area contributed by atoms with E-state index in [1.165, 1.54) is 0 Å². The Bertz CT molecular complexity index is 628. The van der Waals surface area contributed by atoms with Gasteiger partial charge in [-0.25, -0.2) is 4.98 Å². The summed E-state index contributed by atoms with van der Waals surface area (Å²) in [5.41, 5.74) is 2.10. The first-order valence-electron chi connectivity index (χ1n) is 5.83. The molecule has 18 heavy (non-hydrogen) atoms. The molecule has 0 aliphatic carbocycles. The van der Waals surface area contributed by atoms with Crippen LogP contribution in [0.15, 0.2) is 12.3 Å². The lowest BCUT2D eigenvalue weighted by molar-refractivity contribution is 0.00602. The third-order valence-electron chi connectivity index (χ3n) is 3.21. The fourth-order valence-electron chi connectivity index (χ4n) is 2.21. The van der Waals surface area contributed by atoms with Crippen molar-refractivity contribution in [3.63, 3.8) is 0 Å². The van der Waals surface area contributed by atoms with Gasteiger partial charge in [-0.15, -0.1) is 0 Å². The van der Waals surface area contributed by atoms with Gasteiger partial charge >= 0.3 is 0 Å². The van der Waals surface area contributed by atoms with Crippen molar-refractivity contribution in [3.05, 3.63) is 23.5 Å². The van der Waals surface area contributed by atoms with Crippen LogP contribution in [0.1, 0.15) is 16.1 Å². The number of hydrogen-bond acceptors (Lipinski definition) is 4. The topological polar surface area (TPSA) is 71.2 Å². The van der Waals surface area contributed by atoms with E-state index in [4.69, 9.17) is 0 Å². The van der Waals surface area contributed by atoms with Gasteiger partial charge in [-0.05, 0) is 13.0 Å². The highest BCUT2D eigenvalue weighted by molar-refractivity contribution is 6.05. The first-order valence-corrected chi connectivity index (χ1v) is 5.83. The van der Waals surface area contributed by atoms with Crippen LogP contribution in [-0.2, 0) is 7.05 Å². The van der Waals surface area contributed by atoms with E-state index < -0.39 is 0 Å². The lowest BCUT2D eigenvalue weighted by Crippen LogP contribution is -2.53. The molecule has 1 N–H and O–H groups in total. The van der Waals surface area contributed by atoms with Gasteiger partial charge in [0.2, 0.25) is 0 Å². The molecule has 2 aromatic rings. The van der Waals surface area contributed by atoms with Gasteiger partial charge in [0.25, 0.3) is 5.91 Å². The van der Waals surface area contributed by atoms with Crippen LogP contribution in [0.3, 0.4) is 0 Å². The lowest BCUT2D eigenvalue weighted by atomic mass is 10.1. The fourth-order valence-corrected chi connectivity index (χ4v) is 2.21. The molecular formula is C12H14N4O2. The van der Waals surface area contributed by atoms with E-state index in [9.17, 15) is 9.90 Å². The van der Waals surface area contributed by atoms with Gasteiger partial charge in [0, 0.05) is 25.8 Å². The van der Waals surface area contributed by atoms with Crippen LogP contribution in [0, 0.1) is 6.92 Å². The smallest absolute Gasteiger partial charge is 0.254 e. The number of aromatic nitrogens is 3. The molecule has 0 radical (unpaired) electrons. The highest BCUT2D eigenvalue weighted by atomic mass is 16.3. The number of carbonyl (C=O) groups excluding carboxylic acids is 1. The molecule has 1 aliphatic heterocycles. The second-order valence-electron chi connectivity index (χ2n) is 4.68. The number of pyridine rings is 1. The number of nitrogens with zero attached hydrogens (tertiary/aromatic N) is 4. The summed E-state index contributed by atoms with van der Waals surface area (Å²) in [5, 5.41) is 14.2. The van der Waals surface area contributed by atoms with Crippen molar-refractivity contribution >= 4 is 16.9 Å². The number of aliphatic hydroxyl groups is 1. The van der Waals surface area contributed by atoms with Crippen LogP contribution in [-0.4, -0.2) is 49.9 Å². The van der Waals surface area contributed by atoms with Gasteiger partial charge in [0.1, 0.15) is 0 Å². The normalized spacial score (nSPS) is 16.1. The highest BCUT2D eigenvalue weighted by Gasteiger charge is 2.30. The van der Waals surface area contributed by atoms with Crippen molar-refractivity contribution in [2.75, 3.05) is 13.1 Å². The summed E-state index contributed by atoms with van der Waals surface area (Å²) >= 11 is 0. The van der Waals surface area contributed by atoms with E-state index >= 15 is 0 Å². The zero-order valence-corrected chi connectivity index (χ0v) is 10.3. The standard InChI is InChI=1S/C12H14N4O2/c1-7-3-9(12(18)16-5-8(17)6-16)10-4-13-15(2)11(10)14-7/h3-4,8,17H,5-6H2,1-2H3. The summed E-state index contributed by atoms with van der Waals surface area (Å²) in [6.07, 6.45) is 1.27. The molecule has 0 spiro atoms. The van der Waals surface area contributed by atoms with Crippen molar-refractivity contribution in [2.45, 2.75) is 13.0 Å². The summed E-state index contributed by atoms with van der Waals surface area (Å²) < 4.78 is 1.66. The predicted molar refractivity (Wildman–Crippen MR) is 65.2 cm³/mol. The van der Waals surface area contributed by atoms with Gasteiger partial charge in [0.05, 0.1) is 23.3 Å². The third-order valence-corrected chi connectivity index (χ3v) is 3.21. The zero-order chi connectivity index (χ0) is 12.9. The fraction of sp³-hybridized carbons (Fsp3) is 0.417. The van der Waals surface area contributed by atoms with Gasteiger partial charge < -0.3 is 10.0 Å². The third kappa shape index (κ3) is 1.57. The SMILES string of the molecule is Cc1cc(C(=O)N2CC(O)C2)c2cnn(C)c2n1. The van der Waals surface area contributed by atoms with Crippen LogP contribution in [0.5, 0.6) is 0 Å². The Balaban J connectivity index is 2.08. The predicted octanol–water partition coefficient (Wildman–Crippen LogP) is 0.0934. The minimum atomic E-state index is -0.388. The van der Waals surface area contributed by atoms with E-state index in [0.717, 1.165) is 11.1 Å². The van der Waals surface area contributed by atoms with E-state index in [2.05, 4.69) is 10.1 Å². The Morgan fingerprint density at radius 1 is 1.50 bits per heavy atom. The molecule has 0 aromatic carbocycles. The molecule has 3 rings (SSSR count).